The Balaban J connectivity index is 2.11. The minimum Gasteiger partial charge on any atom is -0.328 e. The van der Waals surface area contributed by atoms with Crippen LogP contribution in [0.2, 0.25) is 0 Å². The van der Waals surface area contributed by atoms with E-state index in [1.165, 1.54) is 11.8 Å². The van der Waals surface area contributed by atoms with E-state index < -0.39 is 0 Å². The van der Waals surface area contributed by atoms with Crippen LogP contribution in [0.4, 0.5) is 11.4 Å². The number of likely N-dealkylation sites (N-methyl/N-ethyl adjacent to an activating group) is 1. The number of thioether (sulfide) groups is 1. The standard InChI is InChI=1S/C14H15N3OS2/c1-4-17-13(18)11(20-14(17)19)12-15(2)9-7-5-6-8-10(9)16(12)3/h5-8H,4H2,1-3H3. The minimum absolute atomic E-state index is 0.00371. The molecule has 2 aliphatic rings. The molecular weight excluding hydrogens is 290 g/mol. The summed E-state index contributed by atoms with van der Waals surface area (Å²) in [5, 5.41) is 0. The Labute approximate surface area is 128 Å². The van der Waals surface area contributed by atoms with Crippen LogP contribution in [0.15, 0.2) is 35.0 Å². The van der Waals surface area contributed by atoms with E-state index in [9.17, 15) is 4.79 Å². The molecule has 2 aliphatic heterocycles. The highest BCUT2D eigenvalue weighted by molar-refractivity contribution is 8.26. The number of benzene rings is 1. The lowest BCUT2D eigenvalue weighted by Gasteiger charge is -2.20. The van der Waals surface area contributed by atoms with Crippen molar-refractivity contribution in [3.8, 4) is 0 Å². The van der Waals surface area contributed by atoms with Gasteiger partial charge in [0.1, 0.15) is 15.0 Å². The zero-order valence-electron chi connectivity index (χ0n) is 11.6. The molecule has 104 valence electrons. The number of anilines is 2. The Morgan fingerprint density at radius 1 is 1.15 bits per heavy atom. The van der Waals surface area contributed by atoms with E-state index >= 15 is 0 Å². The highest BCUT2D eigenvalue weighted by Crippen LogP contribution is 2.44. The molecule has 0 bridgehead atoms. The second-order valence-corrected chi connectivity index (χ2v) is 6.32. The summed E-state index contributed by atoms with van der Waals surface area (Å²) in [5.41, 5.74) is 2.21. The molecule has 6 heteroatoms. The smallest absolute Gasteiger partial charge is 0.269 e. The van der Waals surface area contributed by atoms with Gasteiger partial charge in [0, 0.05) is 20.6 Å². The van der Waals surface area contributed by atoms with E-state index in [4.69, 9.17) is 12.2 Å². The zero-order valence-corrected chi connectivity index (χ0v) is 13.2. The van der Waals surface area contributed by atoms with Crippen molar-refractivity contribution in [2.75, 3.05) is 30.4 Å². The van der Waals surface area contributed by atoms with E-state index in [2.05, 4.69) is 21.9 Å². The molecule has 0 aliphatic carbocycles. The largest absolute Gasteiger partial charge is 0.328 e. The van der Waals surface area contributed by atoms with Crippen LogP contribution in [0.25, 0.3) is 0 Å². The fourth-order valence-corrected chi connectivity index (χ4v) is 4.12. The highest BCUT2D eigenvalue weighted by Gasteiger charge is 2.38. The van der Waals surface area contributed by atoms with Crippen LogP contribution in [0.3, 0.4) is 0 Å². The van der Waals surface area contributed by atoms with Crippen molar-refractivity contribution in [1.29, 1.82) is 0 Å². The molecule has 20 heavy (non-hydrogen) atoms. The zero-order chi connectivity index (χ0) is 14.4. The number of thiocarbonyl (C=S) groups is 1. The summed E-state index contributed by atoms with van der Waals surface area (Å²) in [6.45, 7) is 2.55. The number of para-hydroxylation sites is 2. The fourth-order valence-electron chi connectivity index (χ4n) is 2.59. The van der Waals surface area contributed by atoms with Gasteiger partial charge < -0.3 is 9.80 Å². The first kappa shape index (κ1) is 13.5. The maximum Gasteiger partial charge on any atom is 0.269 e. The van der Waals surface area contributed by atoms with Gasteiger partial charge in [-0.05, 0) is 19.1 Å². The Kier molecular flexibility index (Phi) is 3.22. The molecule has 0 atom stereocenters. The van der Waals surface area contributed by atoms with Gasteiger partial charge >= 0.3 is 0 Å². The summed E-state index contributed by atoms with van der Waals surface area (Å²) in [6, 6.07) is 8.12. The molecule has 0 radical (unpaired) electrons. The minimum atomic E-state index is 0.00371. The number of hydrogen-bond acceptors (Lipinski definition) is 5. The topological polar surface area (TPSA) is 26.8 Å². The molecule has 1 aromatic rings. The number of carbonyl (C=O) groups excluding carboxylic acids is 1. The quantitative estimate of drug-likeness (QED) is 0.587. The number of amides is 1. The summed E-state index contributed by atoms with van der Waals surface area (Å²) in [5.74, 6) is 0.906. The van der Waals surface area contributed by atoms with Crippen molar-refractivity contribution >= 4 is 45.6 Å². The maximum absolute atomic E-state index is 12.5. The van der Waals surface area contributed by atoms with E-state index in [1.807, 2.05) is 33.2 Å². The number of carbonyl (C=O) groups is 1. The summed E-state index contributed by atoms with van der Waals surface area (Å²) in [6.07, 6.45) is 0. The first-order chi connectivity index (χ1) is 9.56. The van der Waals surface area contributed by atoms with Gasteiger partial charge in [-0.2, -0.15) is 0 Å². The third-order valence-electron chi connectivity index (χ3n) is 3.61. The summed E-state index contributed by atoms with van der Waals surface area (Å²) >= 11 is 6.68. The Bertz CT molecular complexity index is 610. The number of fused-ring (bicyclic) bond motifs is 1. The number of rotatable bonds is 1. The SMILES string of the molecule is CCN1C(=O)C(=C2N(C)c3ccccc3N2C)SC1=S. The van der Waals surface area contributed by atoms with Gasteiger partial charge in [0.15, 0.2) is 0 Å². The average molecular weight is 305 g/mol. The average Bonchev–Trinajstić information content (AvgIpc) is 2.86. The third kappa shape index (κ3) is 1.75. The Morgan fingerprint density at radius 2 is 1.70 bits per heavy atom. The summed E-state index contributed by atoms with van der Waals surface area (Å²) in [4.78, 5) is 18.9. The van der Waals surface area contributed by atoms with Gasteiger partial charge in [0.25, 0.3) is 5.91 Å². The molecule has 2 heterocycles. The van der Waals surface area contributed by atoms with Crippen molar-refractivity contribution in [3.05, 3.63) is 35.0 Å². The van der Waals surface area contributed by atoms with E-state index in [-0.39, 0.29) is 5.91 Å². The van der Waals surface area contributed by atoms with E-state index in [0.717, 1.165) is 17.2 Å². The predicted molar refractivity (Wildman–Crippen MR) is 87.9 cm³/mol. The molecule has 0 saturated carbocycles. The lowest BCUT2D eigenvalue weighted by molar-refractivity contribution is -0.122. The van der Waals surface area contributed by atoms with Crippen molar-refractivity contribution in [1.82, 2.24) is 4.90 Å². The summed E-state index contributed by atoms with van der Waals surface area (Å²) in [7, 11) is 3.96. The Hall–Kier alpha value is -1.53. The van der Waals surface area contributed by atoms with E-state index in [1.54, 1.807) is 4.90 Å². The first-order valence-corrected chi connectivity index (χ1v) is 7.63. The monoisotopic (exact) mass is 305 g/mol. The van der Waals surface area contributed by atoms with Crippen LogP contribution >= 0.6 is 24.0 Å². The normalized spacial score (nSPS) is 18.4. The van der Waals surface area contributed by atoms with Crippen LogP contribution in [0, 0.1) is 0 Å². The molecule has 1 fully saturated rings. The molecule has 0 spiro atoms. The molecule has 0 aromatic heterocycles. The first-order valence-electron chi connectivity index (χ1n) is 6.40. The van der Waals surface area contributed by atoms with Gasteiger partial charge in [-0.3, -0.25) is 9.69 Å². The number of hydrogen-bond donors (Lipinski definition) is 0. The van der Waals surface area contributed by atoms with Gasteiger partial charge in [-0.15, -0.1) is 0 Å². The Morgan fingerprint density at radius 3 is 2.15 bits per heavy atom. The maximum atomic E-state index is 12.5. The van der Waals surface area contributed by atoms with Gasteiger partial charge in [0.05, 0.1) is 11.4 Å². The molecule has 4 nitrogen and oxygen atoms in total. The second kappa shape index (κ2) is 4.79. The molecule has 3 rings (SSSR count). The molecule has 1 aromatic carbocycles. The molecule has 1 amide bonds. The van der Waals surface area contributed by atoms with Gasteiger partial charge in [-0.25, -0.2) is 0 Å². The van der Waals surface area contributed by atoms with Crippen LogP contribution in [-0.4, -0.2) is 35.8 Å². The fraction of sp³-hybridized carbons (Fsp3) is 0.286. The molecular formula is C14H15N3OS2. The van der Waals surface area contributed by atoms with Crippen LogP contribution in [0.1, 0.15) is 6.92 Å². The van der Waals surface area contributed by atoms with Gasteiger partial charge in [-0.1, -0.05) is 36.1 Å². The van der Waals surface area contributed by atoms with Crippen LogP contribution in [-0.2, 0) is 4.79 Å². The second-order valence-electron chi connectivity index (χ2n) is 4.68. The van der Waals surface area contributed by atoms with E-state index in [0.29, 0.717) is 15.8 Å². The van der Waals surface area contributed by atoms with Crippen molar-refractivity contribution in [2.45, 2.75) is 6.92 Å². The predicted octanol–water partition coefficient (Wildman–Crippen LogP) is 2.62. The lowest BCUT2D eigenvalue weighted by atomic mass is 10.3. The van der Waals surface area contributed by atoms with Crippen molar-refractivity contribution in [2.24, 2.45) is 0 Å². The van der Waals surface area contributed by atoms with Crippen LogP contribution < -0.4 is 9.80 Å². The lowest BCUT2D eigenvalue weighted by Crippen LogP contribution is -2.30. The van der Waals surface area contributed by atoms with Gasteiger partial charge in [0.2, 0.25) is 0 Å². The van der Waals surface area contributed by atoms with Crippen molar-refractivity contribution in [3.63, 3.8) is 0 Å². The number of nitrogens with zero attached hydrogens (tertiary/aromatic N) is 3. The van der Waals surface area contributed by atoms with Crippen molar-refractivity contribution < 1.29 is 4.79 Å². The third-order valence-corrected chi connectivity index (χ3v) is 5.04. The highest BCUT2D eigenvalue weighted by atomic mass is 32.2. The molecule has 0 N–H and O–H groups in total. The molecule has 0 unspecified atom stereocenters. The van der Waals surface area contributed by atoms with Crippen LogP contribution in [0.5, 0.6) is 0 Å². The molecule has 1 saturated heterocycles. The summed E-state index contributed by atoms with van der Waals surface area (Å²) < 4.78 is 0.637.